The SMILES string of the molecule is CCC(C)(C)C=CC(O)C(COP(=O)(O)OC)NC(=O)CC(C)=O. The van der Waals surface area contributed by atoms with Gasteiger partial charge in [-0.3, -0.25) is 18.6 Å². The monoisotopic (exact) mass is 365 g/mol. The number of rotatable bonds is 11. The molecule has 24 heavy (non-hydrogen) atoms. The van der Waals surface area contributed by atoms with Gasteiger partial charge in [-0.05, 0) is 18.8 Å². The average molecular weight is 365 g/mol. The van der Waals surface area contributed by atoms with Crippen molar-refractivity contribution in [2.45, 2.75) is 52.7 Å². The molecule has 0 spiro atoms. The van der Waals surface area contributed by atoms with Crippen molar-refractivity contribution in [2.75, 3.05) is 13.7 Å². The zero-order valence-electron chi connectivity index (χ0n) is 14.8. The fourth-order valence-corrected chi connectivity index (χ4v) is 2.00. The zero-order valence-corrected chi connectivity index (χ0v) is 15.7. The van der Waals surface area contributed by atoms with Gasteiger partial charge in [-0.1, -0.05) is 32.9 Å². The minimum atomic E-state index is -4.25. The molecule has 0 fully saturated rings. The number of nitrogens with one attached hydrogen (secondary N) is 1. The lowest BCUT2D eigenvalue weighted by Gasteiger charge is -2.24. The predicted octanol–water partition coefficient (Wildman–Crippen LogP) is 1.57. The Labute approximate surface area is 142 Å². The van der Waals surface area contributed by atoms with E-state index in [0.717, 1.165) is 13.5 Å². The number of hydrogen-bond acceptors (Lipinski definition) is 6. The van der Waals surface area contributed by atoms with Gasteiger partial charge in [0, 0.05) is 7.11 Å². The zero-order chi connectivity index (χ0) is 19.0. The molecular formula is C15H28NO7P. The Balaban J connectivity index is 5.05. The fourth-order valence-electron chi connectivity index (χ4n) is 1.55. The molecule has 3 atom stereocenters. The van der Waals surface area contributed by atoms with Gasteiger partial charge in [-0.15, -0.1) is 0 Å². The lowest BCUT2D eigenvalue weighted by molar-refractivity contribution is -0.128. The summed E-state index contributed by atoms with van der Waals surface area (Å²) in [5.41, 5.74) is -0.158. The molecule has 0 aliphatic carbocycles. The first-order valence-electron chi connectivity index (χ1n) is 7.61. The van der Waals surface area contributed by atoms with Gasteiger partial charge in [0.15, 0.2) is 0 Å². The van der Waals surface area contributed by atoms with Crippen LogP contribution < -0.4 is 5.32 Å². The van der Waals surface area contributed by atoms with Crippen LogP contribution in [0.5, 0.6) is 0 Å². The molecule has 9 heteroatoms. The Kier molecular flexibility index (Phi) is 9.62. The van der Waals surface area contributed by atoms with Gasteiger partial charge in [0.25, 0.3) is 0 Å². The molecule has 1 amide bonds. The number of carbonyl (C=O) groups excluding carboxylic acids is 2. The predicted molar refractivity (Wildman–Crippen MR) is 89.2 cm³/mol. The summed E-state index contributed by atoms with van der Waals surface area (Å²) >= 11 is 0. The van der Waals surface area contributed by atoms with Crippen LogP contribution in [0.3, 0.4) is 0 Å². The number of amides is 1. The fraction of sp³-hybridized carbons (Fsp3) is 0.733. The molecule has 140 valence electrons. The van der Waals surface area contributed by atoms with Gasteiger partial charge in [-0.25, -0.2) is 4.57 Å². The van der Waals surface area contributed by atoms with Crippen LogP contribution in [-0.2, 0) is 23.2 Å². The number of aliphatic hydroxyl groups excluding tert-OH is 1. The van der Waals surface area contributed by atoms with Gasteiger partial charge in [0.1, 0.15) is 5.78 Å². The molecule has 0 aliphatic rings. The third-order valence-corrected chi connectivity index (χ3v) is 4.41. The quantitative estimate of drug-likeness (QED) is 0.288. The second-order valence-corrected chi connectivity index (χ2v) is 7.75. The summed E-state index contributed by atoms with van der Waals surface area (Å²) in [6, 6.07) is -1.00. The number of Topliss-reactive ketones (excluding diaryl/α,β-unsaturated/α-hetero) is 1. The molecule has 0 radical (unpaired) electrons. The van der Waals surface area contributed by atoms with E-state index in [1.54, 1.807) is 6.08 Å². The Bertz CT molecular complexity index is 504. The molecule has 0 saturated heterocycles. The van der Waals surface area contributed by atoms with Gasteiger partial charge >= 0.3 is 7.82 Å². The third-order valence-electron chi connectivity index (χ3n) is 3.47. The summed E-state index contributed by atoms with van der Waals surface area (Å²) in [7, 11) is -3.24. The first-order valence-corrected chi connectivity index (χ1v) is 9.11. The highest BCUT2D eigenvalue weighted by atomic mass is 31.2. The summed E-state index contributed by atoms with van der Waals surface area (Å²) in [4.78, 5) is 32.0. The van der Waals surface area contributed by atoms with E-state index in [0.29, 0.717) is 0 Å². The topological polar surface area (TPSA) is 122 Å². The lowest BCUT2D eigenvalue weighted by atomic mass is 9.89. The molecule has 0 bridgehead atoms. The van der Waals surface area contributed by atoms with Crippen molar-refractivity contribution < 1.29 is 33.2 Å². The second kappa shape index (κ2) is 10.1. The standard InChI is InChI=1S/C15H28NO7P/c1-6-15(3,4)8-7-13(18)12(10-23-24(20,21)22-5)16-14(19)9-11(2)17/h7-8,12-13,18H,6,9-10H2,1-5H3,(H,16,19)(H,20,21). The Hall–Kier alpha value is -1.05. The summed E-state index contributed by atoms with van der Waals surface area (Å²) < 4.78 is 20.4. The van der Waals surface area contributed by atoms with E-state index in [-0.39, 0.29) is 17.6 Å². The molecule has 0 saturated carbocycles. The molecular weight excluding hydrogens is 337 g/mol. The Morgan fingerprint density at radius 2 is 1.96 bits per heavy atom. The smallest absolute Gasteiger partial charge is 0.387 e. The molecule has 8 nitrogen and oxygen atoms in total. The molecule has 3 unspecified atom stereocenters. The van der Waals surface area contributed by atoms with E-state index in [9.17, 15) is 24.2 Å². The Morgan fingerprint density at radius 3 is 2.42 bits per heavy atom. The second-order valence-electron chi connectivity index (χ2n) is 6.19. The van der Waals surface area contributed by atoms with E-state index in [2.05, 4.69) is 9.84 Å². The van der Waals surface area contributed by atoms with Crippen LogP contribution in [0.4, 0.5) is 0 Å². The van der Waals surface area contributed by atoms with Crippen LogP contribution in [0.25, 0.3) is 0 Å². The average Bonchev–Trinajstić information content (AvgIpc) is 2.48. The maximum Gasteiger partial charge on any atom is 0.471 e. The van der Waals surface area contributed by atoms with Gasteiger partial charge < -0.3 is 15.3 Å². The number of ketones is 1. The lowest BCUT2D eigenvalue weighted by Crippen LogP contribution is -2.46. The number of carbonyl (C=O) groups is 2. The van der Waals surface area contributed by atoms with Crippen LogP contribution >= 0.6 is 7.82 Å². The van der Waals surface area contributed by atoms with Crippen molar-refractivity contribution in [3.8, 4) is 0 Å². The molecule has 0 aromatic rings. The van der Waals surface area contributed by atoms with Crippen molar-refractivity contribution in [1.29, 1.82) is 0 Å². The summed E-state index contributed by atoms with van der Waals surface area (Å²) in [6.45, 7) is 6.75. The maximum atomic E-state index is 11.7. The van der Waals surface area contributed by atoms with Crippen LogP contribution in [0.2, 0.25) is 0 Å². The van der Waals surface area contributed by atoms with Crippen molar-refractivity contribution in [2.24, 2.45) is 5.41 Å². The molecule has 0 aliphatic heterocycles. The molecule has 3 N–H and O–H groups in total. The Morgan fingerprint density at radius 1 is 1.38 bits per heavy atom. The number of phosphoric ester groups is 1. The number of aliphatic hydroxyl groups is 1. The third kappa shape index (κ3) is 9.95. The molecule has 0 aromatic carbocycles. The van der Waals surface area contributed by atoms with Crippen LogP contribution in [-0.4, -0.2) is 47.6 Å². The van der Waals surface area contributed by atoms with Crippen molar-refractivity contribution in [3.63, 3.8) is 0 Å². The van der Waals surface area contributed by atoms with E-state index < -0.39 is 32.5 Å². The summed E-state index contributed by atoms with van der Waals surface area (Å²) in [5, 5.41) is 12.7. The van der Waals surface area contributed by atoms with Gasteiger partial charge in [-0.2, -0.15) is 0 Å². The first-order chi connectivity index (χ1) is 10.9. The van der Waals surface area contributed by atoms with Crippen LogP contribution in [0, 0.1) is 5.41 Å². The highest BCUT2D eigenvalue weighted by Gasteiger charge is 2.26. The van der Waals surface area contributed by atoms with Crippen molar-refractivity contribution >= 4 is 19.5 Å². The van der Waals surface area contributed by atoms with E-state index in [4.69, 9.17) is 4.52 Å². The van der Waals surface area contributed by atoms with E-state index in [1.165, 1.54) is 13.0 Å². The van der Waals surface area contributed by atoms with E-state index >= 15 is 0 Å². The molecule has 0 aromatic heterocycles. The number of hydrogen-bond donors (Lipinski definition) is 3. The van der Waals surface area contributed by atoms with Crippen molar-refractivity contribution in [3.05, 3.63) is 12.2 Å². The van der Waals surface area contributed by atoms with Gasteiger partial charge in [0.2, 0.25) is 5.91 Å². The minimum Gasteiger partial charge on any atom is -0.387 e. The summed E-state index contributed by atoms with van der Waals surface area (Å²) in [5.74, 6) is -0.947. The number of allylic oxidation sites excluding steroid dienone is 1. The maximum absolute atomic E-state index is 11.7. The minimum absolute atomic E-state index is 0.158. The molecule has 0 heterocycles. The van der Waals surface area contributed by atoms with Crippen molar-refractivity contribution in [1.82, 2.24) is 5.32 Å². The highest BCUT2D eigenvalue weighted by molar-refractivity contribution is 7.47. The number of phosphoric acid groups is 1. The largest absolute Gasteiger partial charge is 0.471 e. The van der Waals surface area contributed by atoms with Crippen LogP contribution in [0.15, 0.2) is 12.2 Å². The highest BCUT2D eigenvalue weighted by Crippen LogP contribution is 2.42. The summed E-state index contributed by atoms with van der Waals surface area (Å²) in [6.07, 6.45) is 2.60. The normalized spacial score (nSPS) is 17.3. The first kappa shape index (κ1) is 22.9. The van der Waals surface area contributed by atoms with E-state index in [1.807, 2.05) is 20.8 Å². The van der Waals surface area contributed by atoms with Gasteiger partial charge in [0.05, 0.1) is 25.2 Å². The van der Waals surface area contributed by atoms with Crippen LogP contribution in [0.1, 0.15) is 40.5 Å². The molecule has 0 rings (SSSR count).